The molecule has 27 nitrogen and oxygen atoms in total. The lowest BCUT2D eigenvalue weighted by molar-refractivity contribution is -0.145. The molecule has 3 fully saturated rings. The zero-order chi connectivity index (χ0) is 106. The fourth-order valence-corrected chi connectivity index (χ4v) is 18.7. The molecule has 3 aromatic heterocycles. The van der Waals surface area contributed by atoms with Gasteiger partial charge in [-0.25, -0.2) is 44.1 Å². The maximum atomic E-state index is 14.2. The van der Waals surface area contributed by atoms with E-state index in [9.17, 15) is 108 Å². The van der Waals surface area contributed by atoms with Crippen LogP contribution in [0.5, 0.6) is 0 Å². The number of H-pyrrole nitrogens is 3. The number of aromatic amines is 3. The molecule has 0 unspecified atom stereocenters. The van der Waals surface area contributed by atoms with Gasteiger partial charge in [0, 0.05) is 21.3 Å². The van der Waals surface area contributed by atoms with Gasteiger partial charge in [-0.2, -0.15) is 94.3 Å². The quantitative estimate of drug-likeness (QED) is 0.0278. The number of aromatic nitrogens is 9. The number of rotatable bonds is 30. The van der Waals surface area contributed by atoms with E-state index < -0.39 is 157 Å². The number of hydrogen-bond donors (Lipinski definition) is 3. The molecular weight excluding hydrogens is 1980 g/mol. The molecule has 3 saturated heterocycles. The summed E-state index contributed by atoms with van der Waals surface area (Å²) in [5.74, 6) is 0. The number of halogens is 18. The molecule has 9 atom stereocenters. The summed E-state index contributed by atoms with van der Waals surface area (Å²) in [6.45, 7) is 2.18. The highest BCUT2D eigenvalue weighted by molar-refractivity contribution is 5.72. The largest absolute Gasteiger partial charge is 0.445 e. The smallest absolute Gasteiger partial charge is 0.416 e. The van der Waals surface area contributed by atoms with Crippen LogP contribution >= 0.6 is 0 Å². The second-order valence-electron chi connectivity index (χ2n) is 36.0. The Kier molecular flexibility index (Phi) is 34.2. The summed E-state index contributed by atoms with van der Waals surface area (Å²) in [7, 11) is 4.33. The van der Waals surface area contributed by atoms with Gasteiger partial charge < -0.3 is 42.6 Å². The third-order valence-corrected chi connectivity index (χ3v) is 26.5. The Morgan fingerprint density at radius 3 is 0.694 bits per heavy atom. The maximum absolute atomic E-state index is 14.2. The van der Waals surface area contributed by atoms with Crippen molar-refractivity contribution in [1.82, 2.24) is 59.0 Å². The molecule has 786 valence electrons. The Hall–Kier alpha value is -13.9. The molecule has 45 heteroatoms. The van der Waals surface area contributed by atoms with Crippen LogP contribution in [-0.4, -0.2) is 158 Å². The number of carbonyl (C=O) groups is 3. The maximum Gasteiger partial charge on any atom is 0.416 e. The van der Waals surface area contributed by atoms with Gasteiger partial charge >= 0.3 is 72.4 Å². The normalized spacial score (nSPS) is 20.6. The second-order valence-corrected chi connectivity index (χ2v) is 36.0. The van der Waals surface area contributed by atoms with Crippen LogP contribution in [0.3, 0.4) is 0 Å². The number of ether oxygens (including phenoxy) is 9. The molecule has 6 heterocycles. The van der Waals surface area contributed by atoms with Crippen molar-refractivity contribution in [3.05, 3.63) is 370 Å². The van der Waals surface area contributed by atoms with Crippen molar-refractivity contribution in [2.24, 2.45) is 0 Å². The van der Waals surface area contributed by atoms with Crippen LogP contribution in [0.4, 0.5) is 93.4 Å². The van der Waals surface area contributed by atoms with Crippen molar-refractivity contribution in [2.45, 2.75) is 168 Å². The van der Waals surface area contributed by atoms with Crippen LogP contribution in [0.15, 0.2) is 270 Å². The van der Waals surface area contributed by atoms with E-state index in [1.54, 1.807) is 182 Å². The van der Waals surface area contributed by atoms with Crippen LogP contribution in [0.2, 0.25) is 0 Å². The zero-order valence-corrected chi connectivity index (χ0v) is 79.7. The Morgan fingerprint density at radius 2 is 0.510 bits per heavy atom. The van der Waals surface area contributed by atoms with Gasteiger partial charge in [-0.3, -0.25) is 28.4 Å². The summed E-state index contributed by atoms with van der Waals surface area (Å²) in [4.78, 5) is 85.3. The Bertz CT molecular complexity index is 5860. The van der Waals surface area contributed by atoms with E-state index in [4.69, 9.17) is 42.6 Å². The molecule has 3 aliphatic rings. The van der Waals surface area contributed by atoms with Crippen LogP contribution in [-0.2, 0) is 133 Å². The third kappa shape index (κ3) is 25.7. The summed E-state index contributed by atoms with van der Waals surface area (Å²) in [5.41, 5.74) is -15.1. The molecule has 0 bridgehead atoms. The first-order chi connectivity index (χ1) is 69.5. The summed E-state index contributed by atoms with van der Waals surface area (Å²) in [6, 6.07) is 56.7. The van der Waals surface area contributed by atoms with E-state index in [2.05, 4.69) is 30.6 Å². The number of alkyl halides is 18. The number of carbonyl (C=O) groups excluding carboxylic acids is 3. The van der Waals surface area contributed by atoms with E-state index in [0.29, 0.717) is 69.8 Å². The molecule has 147 heavy (non-hydrogen) atoms. The van der Waals surface area contributed by atoms with Crippen LogP contribution in [0.1, 0.15) is 161 Å². The van der Waals surface area contributed by atoms with Crippen molar-refractivity contribution in [2.75, 3.05) is 80.6 Å². The van der Waals surface area contributed by atoms with E-state index in [1.807, 2.05) is 0 Å². The topological polar surface area (TPSA) is 296 Å². The van der Waals surface area contributed by atoms with E-state index >= 15 is 0 Å². The Morgan fingerprint density at radius 1 is 0.306 bits per heavy atom. The molecule has 0 spiro atoms. The number of benzene rings is 9. The number of amides is 3. The van der Waals surface area contributed by atoms with Gasteiger partial charge in [-0.1, -0.05) is 182 Å². The third-order valence-electron chi connectivity index (χ3n) is 26.5. The fourth-order valence-electron chi connectivity index (χ4n) is 18.7. The van der Waals surface area contributed by atoms with Gasteiger partial charge in [0.15, 0.2) is 0 Å². The molecule has 0 aliphatic carbocycles. The molecule has 0 radical (unpaired) electrons. The van der Waals surface area contributed by atoms with E-state index in [1.165, 1.54) is 89.5 Å². The minimum Gasteiger partial charge on any atom is -0.445 e. The van der Waals surface area contributed by atoms with Crippen molar-refractivity contribution in [3.8, 4) is 0 Å². The van der Waals surface area contributed by atoms with Gasteiger partial charge in [0.05, 0.1) is 144 Å². The van der Waals surface area contributed by atoms with Crippen LogP contribution in [0.25, 0.3) is 0 Å². The van der Waals surface area contributed by atoms with Crippen molar-refractivity contribution < 1.29 is 136 Å². The average Bonchev–Trinajstić information content (AvgIpc) is 1.72. The van der Waals surface area contributed by atoms with Crippen LogP contribution < -0.4 is 17.1 Å². The van der Waals surface area contributed by atoms with Crippen LogP contribution in [0, 0.1) is 0 Å². The highest BCUT2D eigenvalue weighted by Gasteiger charge is 2.58. The predicted molar refractivity (Wildman–Crippen MR) is 493 cm³/mol. The van der Waals surface area contributed by atoms with Gasteiger partial charge in [-0.05, 0) is 164 Å². The fraction of sp³-hybridized carbons (Fsp3) is 0.382. The molecule has 3 amide bonds. The summed E-state index contributed by atoms with van der Waals surface area (Å²) >= 11 is 0. The number of nitrogens with zero attached hydrogens (tertiary/aromatic N) is 9. The highest BCUT2D eigenvalue weighted by atomic mass is 19.4. The first-order valence-corrected chi connectivity index (χ1v) is 45.7. The summed E-state index contributed by atoms with van der Waals surface area (Å²) < 4.78 is 302. The van der Waals surface area contributed by atoms with Gasteiger partial charge in [0.25, 0.3) is 0 Å². The SMILES string of the molecule is COC[C@@]1(n2cn[nH]c2=O)CC[C@@](CO[C@H](C)c2cc(C(F)(F)F)cc(C(F)(F)F)c2)(c2ccccc2)N(C(=O)OCc2ccccc2)C1.COC[C@@]1(n2cn[nH]c2=O)CC[C@@](CO[C@H](C)c2cc(C(F)(F)F)cc(C(F)(F)F)c2)(c2ccccc2)N(C(=O)OCc2ccccc2)C1.COC[C@@]1(n2cn[nH]c2=O)CC[C@@](CO[C@H](C)c2cc(C(F)(F)F)cc(C(F)(F)F)c2)(c2ccccc2)N(C(=O)OCc2ccccc2)C1. The Labute approximate surface area is 828 Å². The number of hydrogen-bond acceptors (Lipinski definition) is 18. The van der Waals surface area contributed by atoms with Crippen molar-refractivity contribution in [3.63, 3.8) is 0 Å². The Balaban J connectivity index is 0.000000184. The number of likely N-dealkylation sites (tertiary alicyclic amines) is 3. The predicted octanol–water partition coefficient (Wildman–Crippen LogP) is 21.2. The van der Waals surface area contributed by atoms with Gasteiger partial charge in [0.1, 0.15) is 38.8 Å². The van der Waals surface area contributed by atoms with Gasteiger partial charge in [-0.15, -0.1) is 0 Å². The molecule has 12 aromatic rings. The molecule has 0 saturated carbocycles. The summed E-state index contributed by atoms with van der Waals surface area (Å²) in [6.07, 6.45) is -31.5. The van der Waals surface area contributed by atoms with Gasteiger partial charge in [0.2, 0.25) is 0 Å². The lowest BCUT2D eigenvalue weighted by Gasteiger charge is -2.53. The number of nitrogens with one attached hydrogen (secondary N) is 3. The summed E-state index contributed by atoms with van der Waals surface area (Å²) in [5, 5.41) is 18.7. The molecule has 9 aromatic carbocycles. The standard InChI is InChI=1S/3C34H34F6N4O5/c3*1-23(25-15-27(33(35,36)37)17-28(16-25)34(38,39)40)49-21-32(26-11-7-4-8-12-26)14-13-31(20-47-2,44-22-41-42-29(44)45)19-43(32)30(46)48-18-24-9-5-3-6-10-24/h3*3-12,15-17,22-23H,13-14,18-21H2,1-2H3,(H,42,45)/t3*23-,31-,32-/m111/s1. The first kappa shape index (κ1) is 110. The monoisotopic (exact) mass is 2080 g/mol. The molecule has 3 N–H and O–H groups in total. The van der Waals surface area contributed by atoms with Crippen molar-refractivity contribution in [1.29, 1.82) is 0 Å². The average molecular weight is 2080 g/mol. The zero-order valence-electron chi connectivity index (χ0n) is 79.7. The lowest BCUT2D eigenvalue weighted by Crippen LogP contribution is -2.64. The number of piperidine rings is 3. The molecular formula is C102H102F18N12O15. The lowest BCUT2D eigenvalue weighted by atomic mass is 9.74. The minimum absolute atomic E-state index is 0.0124. The number of methoxy groups -OCH3 is 3. The first-order valence-electron chi connectivity index (χ1n) is 45.7. The molecule has 15 rings (SSSR count). The minimum atomic E-state index is -5.04. The van der Waals surface area contributed by atoms with Crippen molar-refractivity contribution >= 4 is 18.3 Å². The van der Waals surface area contributed by atoms with E-state index in [-0.39, 0.29) is 153 Å². The highest BCUT2D eigenvalue weighted by Crippen LogP contribution is 2.52. The second kappa shape index (κ2) is 45.6. The van der Waals surface area contributed by atoms with E-state index in [0.717, 1.165) is 0 Å². The molecule has 3 aliphatic heterocycles.